The van der Waals surface area contributed by atoms with Gasteiger partial charge in [0.1, 0.15) is 11.3 Å². The minimum atomic E-state index is 0.504. The number of hydrogen-bond acceptors (Lipinski definition) is 2. The lowest BCUT2D eigenvalue weighted by atomic mass is 10.4. The van der Waals surface area contributed by atoms with Gasteiger partial charge in [0.2, 0.25) is 0 Å². The van der Waals surface area contributed by atoms with Crippen LogP contribution in [-0.4, -0.2) is 14.4 Å². The van der Waals surface area contributed by atoms with Crippen molar-refractivity contribution in [1.82, 2.24) is 14.4 Å². The van der Waals surface area contributed by atoms with Gasteiger partial charge in [-0.1, -0.05) is 18.5 Å². The van der Waals surface area contributed by atoms with Crippen LogP contribution in [0.4, 0.5) is 0 Å². The predicted molar refractivity (Wildman–Crippen MR) is 47.4 cm³/mol. The molecule has 2 rings (SSSR count). The summed E-state index contributed by atoms with van der Waals surface area (Å²) >= 11 is 5.86. The minimum absolute atomic E-state index is 0.504. The van der Waals surface area contributed by atoms with Crippen molar-refractivity contribution in [3.05, 3.63) is 29.6 Å². The Morgan fingerprint density at radius 3 is 3.08 bits per heavy atom. The van der Waals surface area contributed by atoms with Gasteiger partial charge in [-0.2, -0.15) is 0 Å². The molecular weight excluding hydrogens is 174 g/mol. The summed E-state index contributed by atoms with van der Waals surface area (Å²) in [6.07, 6.45) is 6.19. The van der Waals surface area contributed by atoms with Crippen LogP contribution in [0.25, 0.3) is 5.52 Å². The zero-order valence-electron chi connectivity index (χ0n) is 6.66. The van der Waals surface area contributed by atoms with E-state index >= 15 is 0 Å². The summed E-state index contributed by atoms with van der Waals surface area (Å²) in [7, 11) is 0. The van der Waals surface area contributed by atoms with Crippen LogP contribution in [0.5, 0.6) is 0 Å². The van der Waals surface area contributed by atoms with E-state index in [0.717, 1.165) is 17.8 Å². The Labute approximate surface area is 75.0 Å². The van der Waals surface area contributed by atoms with Gasteiger partial charge in [0, 0.05) is 18.8 Å². The largest absolute Gasteiger partial charge is 0.299 e. The first-order valence-corrected chi connectivity index (χ1v) is 4.17. The van der Waals surface area contributed by atoms with E-state index in [4.69, 9.17) is 11.6 Å². The summed E-state index contributed by atoms with van der Waals surface area (Å²) in [5, 5.41) is 0.504. The lowest BCUT2D eigenvalue weighted by Crippen LogP contribution is -1.92. The molecule has 2 aromatic rings. The number of aryl methyl sites for hydroxylation is 1. The van der Waals surface area contributed by atoms with Crippen molar-refractivity contribution in [2.24, 2.45) is 0 Å². The maximum Gasteiger partial charge on any atom is 0.154 e. The van der Waals surface area contributed by atoms with Gasteiger partial charge >= 0.3 is 0 Å². The first-order valence-electron chi connectivity index (χ1n) is 3.79. The molecule has 0 saturated carbocycles. The molecule has 0 fully saturated rings. The van der Waals surface area contributed by atoms with E-state index in [1.807, 2.05) is 10.6 Å². The molecule has 0 N–H and O–H groups in total. The highest BCUT2D eigenvalue weighted by Gasteiger charge is 2.03. The Kier molecular flexibility index (Phi) is 1.73. The van der Waals surface area contributed by atoms with Crippen LogP contribution in [0.3, 0.4) is 0 Å². The van der Waals surface area contributed by atoms with Crippen molar-refractivity contribution in [1.29, 1.82) is 0 Å². The highest BCUT2D eigenvalue weighted by Crippen LogP contribution is 2.14. The van der Waals surface area contributed by atoms with E-state index in [0.29, 0.717) is 5.15 Å². The van der Waals surface area contributed by atoms with Gasteiger partial charge in [0.25, 0.3) is 0 Å². The fourth-order valence-electron chi connectivity index (χ4n) is 1.21. The molecule has 0 amide bonds. The van der Waals surface area contributed by atoms with Gasteiger partial charge in [-0.05, 0) is 0 Å². The average molecular weight is 182 g/mol. The van der Waals surface area contributed by atoms with Crippen LogP contribution < -0.4 is 0 Å². The van der Waals surface area contributed by atoms with E-state index < -0.39 is 0 Å². The predicted octanol–water partition coefficient (Wildman–Crippen LogP) is 1.95. The summed E-state index contributed by atoms with van der Waals surface area (Å²) < 4.78 is 1.95. The smallest absolute Gasteiger partial charge is 0.154 e. The summed E-state index contributed by atoms with van der Waals surface area (Å²) in [5.74, 6) is 1.01. The summed E-state index contributed by atoms with van der Waals surface area (Å²) in [4.78, 5) is 8.17. The second-order valence-corrected chi connectivity index (χ2v) is 2.86. The van der Waals surface area contributed by atoms with Gasteiger partial charge in [-0.15, -0.1) is 0 Å². The van der Waals surface area contributed by atoms with E-state index in [1.54, 1.807) is 12.4 Å². The van der Waals surface area contributed by atoms with Crippen LogP contribution in [0, 0.1) is 0 Å². The third kappa shape index (κ3) is 0.975. The van der Waals surface area contributed by atoms with E-state index in [1.165, 1.54) is 0 Å². The number of imidazole rings is 1. The molecule has 0 atom stereocenters. The molecule has 4 heteroatoms. The average Bonchev–Trinajstić information content (AvgIpc) is 2.49. The Hall–Kier alpha value is -1.09. The molecule has 0 aliphatic carbocycles. The lowest BCUT2D eigenvalue weighted by molar-refractivity contribution is 0.927. The monoisotopic (exact) mass is 181 g/mol. The Morgan fingerprint density at radius 1 is 1.50 bits per heavy atom. The van der Waals surface area contributed by atoms with Gasteiger partial charge in [-0.25, -0.2) is 9.97 Å². The standard InChI is InChI=1S/C8H8ClN3/c1-2-7-11-5-6-8(9)10-3-4-12(6)7/h3-5H,2H2,1H3. The third-order valence-corrected chi connectivity index (χ3v) is 2.10. The van der Waals surface area contributed by atoms with Crippen molar-refractivity contribution in [3.63, 3.8) is 0 Å². The number of aromatic nitrogens is 3. The van der Waals surface area contributed by atoms with Crippen LogP contribution in [0.1, 0.15) is 12.7 Å². The van der Waals surface area contributed by atoms with Crippen LogP contribution >= 0.6 is 11.6 Å². The number of nitrogens with zero attached hydrogens (tertiary/aromatic N) is 3. The van der Waals surface area contributed by atoms with Gasteiger partial charge in [0.15, 0.2) is 5.15 Å². The molecule has 2 heterocycles. The van der Waals surface area contributed by atoms with Gasteiger partial charge in [0.05, 0.1) is 6.20 Å². The molecule has 12 heavy (non-hydrogen) atoms. The molecule has 0 aromatic carbocycles. The van der Waals surface area contributed by atoms with Gasteiger partial charge in [-0.3, -0.25) is 4.40 Å². The molecule has 0 spiro atoms. The minimum Gasteiger partial charge on any atom is -0.299 e. The summed E-state index contributed by atoms with van der Waals surface area (Å²) in [6, 6.07) is 0. The molecule has 0 bridgehead atoms. The number of fused-ring (bicyclic) bond motifs is 1. The van der Waals surface area contributed by atoms with Crippen molar-refractivity contribution < 1.29 is 0 Å². The zero-order valence-corrected chi connectivity index (χ0v) is 7.41. The van der Waals surface area contributed by atoms with Crippen LogP contribution in [-0.2, 0) is 6.42 Å². The molecule has 0 radical (unpaired) electrons. The molecular formula is C8H8ClN3. The summed E-state index contributed by atoms with van der Waals surface area (Å²) in [5.41, 5.74) is 0.871. The third-order valence-electron chi connectivity index (χ3n) is 1.80. The van der Waals surface area contributed by atoms with Crippen molar-refractivity contribution in [2.45, 2.75) is 13.3 Å². The maximum absolute atomic E-state index is 5.86. The second kappa shape index (κ2) is 2.75. The maximum atomic E-state index is 5.86. The Bertz CT molecular complexity index is 408. The summed E-state index contributed by atoms with van der Waals surface area (Å²) in [6.45, 7) is 2.06. The molecule has 0 aliphatic rings. The van der Waals surface area contributed by atoms with Crippen molar-refractivity contribution >= 4 is 17.1 Å². The lowest BCUT2D eigenvalue weighted by Gasteiger charge is -1.97. The van der Waals surface area contributed by atoms with Gasteiger partial charge < -0.3 is 0 Å². The van der Waals surface area contributed by atoms with E-state index in [-0.39, 0.29) is 0 Å². The number of halogens is 1. The Balaban J connectivity index is 2.80. The number of rotatable bonds is 1. The molecule has 0 unspecified atom stereocenters. The van der Waals surface area contributed by atoms with Crippen LogP contribution in [0.15, 0.2) is 18.6 Å². The van der Waals surface area contributed by atoms with E-state index in [9.17, 15) is 0 Å². The molecule has 3 nitrogen and oxygen atoms in total. The SMILES string of the molecule is CCc1ncc2c(Cl)nccn12. The fraction of sp³-hybridized carbons (Fsp3) is 0.250. The molecule has 0 aliphatic heterocycles. The molecule has 62 valence electrons. The first kappa shape index (κ1) is 7.55. The highest BCUT2D eigenvalue weighted by atomic mass is 35.5. The highest BCUT2D eigenvalue weighted by molar-refractivity contribution is 6.32. The fourth-order valence-corrected chi connectivity index (χ4v) is 1.41. The van der Waals surface area contributed by atoms with Crippen LogP contribution in [0.2, 0.25) is 5.15 Å². The first-order chi connectivity index (χ1) is 5.83. The Morgan fingerprint density at radius 2 is 2.33 bits per heavy atom. The quantitative estimate of drug-likeness (QED) is 0.673. The number of hydrogen-bond donors (Lipinski definition) is 0. The molecule has 0 saturated heterocycles. The van der Waals surface area contributed by atoms with Crippen molar-refractivity contribution in [2.75, 3.05) is 0 Å². The zero-order chi connectivity index (χ0) is 8.55. The molecule has 2 aromatic heterocycles. The second-order valence-electron chi connectivity index (χ2n) is 2.50. The normalized spacial score (nSPS) is 10.8. The topological polar surface area (TPSA) is 30.2 Å². The van der Waals surface area contributed by atoms with E-state index in [2.05, 4.69) is 16.9 Å². The van der Waals surface area contributed by atoms with Crippen molar-refractivity contribution in [3.8, 4) is 0 Å².